The molecule has 3 heterocycles. The van der Waals surface area contributed by atoms with Crippen LogP contribution in [0.15, 0.2) is 61.4 Å². The molecule has 6 nitrogen and oxygen atoms in total. The Kier molecular flexibility index (Phi) is 3.20. The van der Waals surface area contributed by atoms with Crippen molar-refractivity contribution in [3.63, 3.8) is 0 Å². The van der Waals surface area contributed by atoms with Crippen molar-refractivity contribution in [3.05, 3.63) is 67.1 Å². The molecule has 0 aromatic carbocycles. The second-order valence-electron chi connectivity index (χ2n) is 4.04. The van der Waals surface area contributed by atoms with Crippen molar-refractivity contribution in [2.24, 2.45) is 0 Å². The van der Waals surface area contributed by atoms with Gasteiger partial charge < -0.3 is 5.32 Å². The second kappa shape index (κ2) is 5.31. The Morgan fingerprint density at radius 3 is 2.65 bits per heavy atom. The highest BCUT2D eigenvalue weighted by Crippen LogP contribution is 2.09. The SMILES string of the molecule is O=C(Nc1ccncc1)c1cccc(-n2ccnc2)n1. The van der Waals surface area contributed by atoms with Crippen LogP contribution in [-0.2, 0) is 0 Å². The molecule has 0 fully saturated rings. The number of imidazole rings is 1. The molecule has 98 valence electrons. The van der Waals surface area contributed by atoms with Gasteiger partial charge >= 0.3 is 0 Å². The van der Waals surface area contributed by atoms with E-state index in [2.05, 4.69) is 20.3 Å². The van der Waals surface area contributed by atoms with Crippen LogP contribution in [0.5, 0.6) is 0 Å². The first-order chi connectivity index (χ1) is 9.83. The van der Waals surface area contributed by atoms with Gasteiger partial charge in [0, 0.05) is 30.5 Å². The van der Waals surface area contributed by atoms with E-state index in [9.17, 15) is 4.79 Å². The minimum absolute atomic E-state index is 0.266. The summed E-state index contributed by atoms with van der Waals surface area (Å²) in [6.07, 6.45) is 8.29. The lowest BCUT2D eigenvalue weighted by Gasteiger charge is -2.06. The molecular weight excluding hydrogens is 254 g/mol. The van der Waals surface area contributed by atoms with Gasteiger partial charge in [-0.2, -0.15) is 0 Å². The van der Waals surface area contributed by atoms with Gasteiger partial charge in [-0.3, -0.25) is 14.3 Å². The number of pyridine rings is 2. The third-order valence-electron chi connectivity index (χ3n) is 2.67. The minimum Gasteiger partial charge on any atom is -0.321 e. The molecular formula is C14H11N5O. The first-order valence-electron chi connectivity index (χ1n) is 6.00. The number of carbonyl (C=O) groups excluding carboxylic acids is 1. The predicted octanol–water partition coefficient (Wildman–Crippen LogP) is 1.91. The maximum atomic E-state index is 12.1. The average molecular weight is 265 g/mol. The Morgan fingerprint density at radius 2 is 1.90 bits per heavy atom. The standard InChI is InChI=1S/C14H11N5O/c20-14(17-11-4-6-15-7-5-11)12-2-1-3-13(18-12)19-9-8-16-10-19/h1-10H,(H,15,17,20). The monoisotopic (exact) mass is 265 g/mol. The highest BCUT2D eigenvalue weighted by atomic mass is 16.1. The van der Waals surface area contributed by atoms with Crippen molar-refractivity contribution in [3.8, 4) is 5.82 Å². The Morgan fingerprint density at radius 1 is 1.05 bits per heavy atom. The molecule has 0 bridgehead atoms. The zero-order valence-electron chi connectivity index (χ0n) is 10.5. The van der Waals surface area contributed by atoms with Crippen molar-refractivity contribution in [1.82, 2.24) is 19.5 Å². The Balaban J connectivity index is 1.84. The second-order valence-corrected chi connectivity index (χ2v) is 4.04. The van der Waals surface area contributed by atoms with E-state index in [0.717, 1.165) is 0 Å². The smallest absolute Gasteiger partial charge is 0.274 e. The predicted molar refractivity (Wildman–Crippen MR) is 73.5 cm³/mol. The maximum Gasteiger partial charge on any atom is 0.274 e. The van der Waals surface area contributed by atoms with Crippen LogP contribution in [0, 0.1) is 0 Å². The summed E-state index contributed by atoms with van der Waals surface area (Å²) < 4.78 is 1.74. The summed E-state index contributed by atoms with van der Waals surface area (Å²) in [5, 5.41) is 2.76. The van der Waals surface area contributed by atoms with Crippen LogP contribution in [0.1, 0.15) is 10.5 Å². The zero-order chi connectivity index (χ0) is 13.8. The molecule has 3 rings (SSSR count). The van der Waals surface area contributed by atoms with Gasteiger partial charge in [-0.1, -0.05) is 6.07 Å². The van der Waals surface area contributed by atoms with E-state index in [1.807, 2.05) is 6.07 Å². The van der Waals surface area contributed by atoms with E-state index < -0.39 is 0 Å². The fraction of sp³-hybridized carbons (Fsp3) is 0. The Labute approximate surface area is 115 Å². The third-order valence-corrected chi connectivity index (χ3v) is 2.67. The van der Waals surface area contributed by atoms with Crippen LogP contribution < -0.4 is 5.32 Å². The summed E-state index contributed by atoms with van der Waals surface area (Å²) in [4.78, 5) is 24.3. The lowest BCUT2D eigenvalue weighted by molar-refractivity contribution is 0.102. The molecule has 0 aliphatic heterocycles. The number of amides is 1. The van der Waals surface area contributed by atoms with Crippen molar-refractivity contribution >= 4 is 11.6 Å². The van der Waals surface area contributed by atoms with Crippen molar-refractivity contribution in [2.45, 2.75) is 0 Å². The van der Waals surface area contributed by atoms with Gasteiger partial charge in [-0.15, -0.1) is 0 Å². The van der Waals surface area contributed by atoms with E-state index in [1.165, 1.54) is 0 Å². The van der Waals surface area contributed by atoms with Crippen molar-refractivity contribution in [2.75, 3.05) is 5.32 Å². The third kappa shape index (κ3) is 2.54. The molecule has 0 aliphatic rings. The molecule has 0 aliphatic carbocycles. The largest absolute Gasteiger partial charge is 0.321 e. The van der Waals surface area contributed by atoms with E-state index in [4.69, 9.17) is 0 Å². The summed E-state index contributed by atoms with van der Waals surface area (Å²) in [7, 11) is 0. The van der Waals surface area contributed by atoms with Gasteiger partial charge in [0.1, 0.15) is 17.8 Å². The van der Waals surface area contributed by atoms with E-state index in [1.54, 1.807) is 59.9 Å². The molecule has 0 radical (unpaired) electrons. The molecule has 3 aromatic rings. The van der Waals surface area contributed by atoms with E-state index in [-0.39, 0.29) is 5.91 Å². The number of nitrogens with zero attached hydrogens (tertiary/aromatic N) is 4. The summed E-state index contributed by atoms with van der Waals surface area (Å²) in [5.74, 6) is 0.378. The van der Waals surface area contributed by atoms with Crippen LogP contribution >= 0.6 is 0 Å². The maximum absolute atomic E-state index is 12.1. The minimum atomic E-state index is -0.266. The number of nitrogens with one attached hydrogen (secondary N) is 1. The molecule has 0 spiro atoms. The number of hydrogen-bond acceptors (Lipinski definition) is 4. The molecule has 0 saturated heterocycles. The van der Waals surface area contributed by atoms with Crippen LogP contribution in [0.25, 0.3) is 5.82 Å². The number of rotatable bonds is 3. The summed E-state index contributed by atoms with van der Waals surface area (Å²) in [6.45, 7) is 0. The van der Waals surface area contributed by atoms with Gasteiger partial charge in [-0.05, 0) is 24.3 Å². The fourth-order valence-electron chi connectivity index (χ4n) is 1.72. The van der Waals surface area contributed by atoms with Gasteiger partial charge in [0.05, 0.1) is 0 Å². The topological polar surface area (TPSA) is 72.7 Å². The molecule has 0 atom stereocenters. The van der Waals surface area contributed by atoms with E-state index >= 15 is 0 Å². The van der Waals surface area contributed by atoms with E-state index in [0.29, 0.717) is 17.2 Å². The fourth-order valence-corrected chi connectivity index (χ4v) is 1.72. The summed E-state index contributed by atoms with van der Waals surface area (Å²) in [5.41, 5.74) is 1.02. The molecule has 0 saturated carbocycles. The lowest BCUT2D eigenvalue weighted by atomic mass is 10.3. The van der Waals surface area contributed by atoms with Crippen LogP contribution in [0.2, 0.25) is 0 Å². The number of hydrogen-bond donors (Lipinski definition) is 1. The molecule has 1 N–H and O–H groups in total. The Hall–Kier alpha value is -3.02. The molecule has 1 amide bonds. The van der Waals surface area contributed by atoms with Crippen LogP contribution in [0.4, 0.5) is 5.69 Å². The quantitative estimate of drug-likeness (QED) is 0.785. The van der Waals surface area contributed by atoms with Crippen molar-refractivity contribution < 1.29 is 4.79 Å². The molecule has 3 aromatic heterocycles. The molecule has 6 heteroatoms. The number of aromatic nitrogens is 4. The van der Waals surface area contributed by atoms with Gasteiger partial charge in [-0.25, -0.2) is 9.97 Å². The normalized spacial score (nSPS) is 10.2. The molecule has 20 heavy (non-hydrogen) atoms. The van der Waals surface area contributed by atoms with Gasteiger partial charge in [0.15, 0.2) is 0 Å². The lowest BCUT2D eigenvalue weighted by Crippen LogP contribution is -2.14. The number of carbonyl (C=O) groups is 1. The highest BCUT2D eigenvalue weighted by Gasteiger charge is 2.08. The van der Waals surface area contributed by atoms with Crippen molar-refractivity contribution in [1.29, 1.82) is 0 Å². The first-order valence-corrected chi connectivity index (χ1v) is 6.00. The summed E-state index contributed by atoms with van der Waals surface area (Å²) in [6, 6.07) is 8.70. The Bertz CT molecular complexity index is 709. The van der Waals surface area contributed by atoms with Gasteiger partial charge in [0.25, 0.3) is 5.91 Å². The molecule has 0 unspecified atom stereocenters. The van der Waals surface area contributed by atoms with Crippen LogP contribution in [0.3, 0.4) is 0 Å². The highest BCUT2D eigenvalue weighted by molar-refractivity contribution is 6.02. The van der Waals surface area contributed by atoms with Crippen LogP contribution in [-0.4, -0.2) is 25.4 Å². The first kappa shape index (κ1) is 12.0. The zero-order valence-corrected chi connectivity index (χ0v) is 10.5. The van der Waals surface area contributed by atoms with Gasteiger partial charge in [0.2, 0.25) is 0 Å². The number of anilines is 1. The summed E-state index contributed by atoms with van der Waals surface area (Å²) >= 11 is 0. The average Bonchev–Trinajstić information content (AvgIpc) is 3.03.